The predicted octanol–water partition coefficient (Wildman–Crippen LogP) is 6.11. The maximum absolute atomic E-state index is 12.7. The third-order valence-electron chi connectivity index (χ3n) is 4.97. The van der Waals surface area contributed by atoms with Crippen LogP contribution >= 0.6 is 23.2 Å². The number of carbonyl (C=O) groups is 1. The molecule has 0 aliphatic heterocycles. The van der Waals surface area contributed by atoms with E-state index in [1.807, 2.05) is 52.1 Å². The van der Waals surface area contributed by atoms with Gasteiger partial charge in [0.05, 0.1) is 10.0 Å². The minimum Gasteiger partial charge on any atom is -0.444 e. The minimum absolute atomic E-state index is 0.0340. The fourth-order valence-electron chi connectivity index (χ4n) is 3.70. The van der Waals surface area contributed by atoms with Crippen molar-refractivity contribution < 1.29 is 9.53 Å². The van der Waals surface area contributed by atoms with Gasteiger partial charge in [-0.05, 0) is 62.4 Å². The number of amides is 1. The summed E-state index contributed by atoms with van der Waals surface area (Å²) in [6.07, 6.45) is 1.31. The normalized spacial score (nSPS) is 18.9. The highest BCUT2D eigenvalue weighted by Crippen LogP contribution is 2.39. The molecule has 0 saturated heterocycles. The van der Waals surface area contributed by atoms with Crippen LogP contribution in [0.15, 0.2) is 42.5 Å². The Bertz CT molecular complexity index is 844. The van der Waals surface area contributed by atoms with Crippen LogP contribution in [-0.2, 0) is 17.6 Å². The van der Waals surface area contributed by atoms with Crippen LogP contribution in [-0.4, -0.2) is 29.7 Å². The number of carbonyl (C=O) groups excluding carboxylic acids is 1. The van der Waals surface area contributed by atoms with Crippen LogP contribution in [0.25, 0.3) is 0 Å². The van der Waals surface area contributed by atoms with E-state index in [1.54, 1.807) is 4.90 Å². The number of fused-ring (bicyclic) bond motifs is 1. The molecule has 5 heteroatoms. The Morgan fingerprint density at radius 3 is 2.52 bits per heavy atom. The average molecular weight is 406 g/mol. The molecule has 0 bridgehead atoms. The number of hydrogen-bond donors (Lipinski definition) is 0. The quantitative estimate of drug-likeness (QED) is 0.615. The van der Waals surface area contributed by atoms with Gasteiger partial charge in [0.25, 0.3) is 0 Å². The Kier molecular flexibility index (Phi) is 5.73. The van der Waals surface area contributed by atoms with E-state index in [2.05, 4.69) is 18.2 Å². The number of halogens is 2. The first-order valence-corrected chi connectivity index (χ1v) is 9.89. The van der Waals surface area contributed by atoms with Gasteiger partial charge in [-0.2, -0.15) is 0 Å². The van der Waals surface area contributed by atoms with Crippen molar-refractivity contribution in [2.75, 3.05) is 7.05 Å². The highest BCUT2D eigenvalue weighted by molar-refractivity contribution is 6.42. The summed E-state index contributed by atoms with van der Waals surface area (Å²) >= 11 is 12.3. The molecule has 144 valence electrons. The summed E-state index contributed by atoms with van der Waals surface area (Å²) in [4.78, 5) is 14.4. The van der Waals surface area contributed by atoms with E-state index in [0.717, 1.165) is 18.4 Å². The van der Waals surface area contributed by atoms with Crippen molar-refractivity contribution in [3.63, 3.8) is 0 Å². The van der Waals surface area contributed by atoms with E-state index in [1.165, 1.54) is 11.1 Å². The molecule has 1 aliphatic carbocycles. The summed E-state index contributed by atoms with van der Waals surface area (Å²) in [6.45, 7) is 5.65. The van der Waals surface area contributed by atoms with Gasteiger partial charge in [0.2, 0.25) is 0 Å². The third-order valence-corrected chi connectivity index (χ3v) is 5.71. The van der Waals surface area contributed by atoms with E-state index < -0.39 is 5.60 Å². The summed E-state index contributed by atoms with van der Waals surface area (Å²) in [6, 6.07) is 14.2. The van der Waals surface area contributed by atoms with Gasteiger partial charge in [0.15, 0.2) is 0 Å². The summed E-state index contributed by atoms with van der Waals surface area (Å²) in [5, 5.41) is 1.10. The molecule has 0 saturated carbocycles. The van der Waals surface area contributed by atoms with Crippen molar-refractivity contribution in [3.8, 4) is 0 Å². The second kappa shape index (κ2) is 7.73. The van der Waals surface area contributed by atoms with Gasteiger partial charge in [-0.15, -0.1) is 0 Å². The second-order valence-corrected chi connectivity index (χ2v) is 8.94. The molecule has 1 aliphatic rings. The molecule has 0 N–H and O–H groups in total. The van der Waals surface area contributed by atoms with Crippen molar-refractivity contribution in [1.29, 1.82) is 0 Å². The lowest BCUT2D eigenvalue weighted by molar-refractivity contribution is 0.0207. The third kappa shape index (κ3) is 4.59. The highest BCUT2D eigenvalue weighted by atomic mass is 35.5. The Morgan fingerprint density at radius 2 is 1.85 bits per heavy atom. The number of likely N-dealkylation sites (N-methyl/N-ethyl adjacent to an activating group) is 1. The van der Waals surface area contributed by atoms with E-state index in [4.69, 9.17) is 27.9 Å². The van der Waals surface area contributed by atoms with Crippen LogP contribution in [0, 0.1) is 0 Å². The largest absolute Gasteiger partial charge is 0.444 e. The van der Waals surface area contributed by atoms with Crippen LogP contribution in [0.1, 0.15) is 43.4 Å². The summed E-state index contributed by atoms with van der Waals surface area (Å²) in [5.41, 5.74) is 3.15. The van der Waals surface area contributed by atoms with Gasteiger partial charge >= 0.3 is 6.09 Å². The van der Waals surface area contributed by atoms with Gasteiger partial charge in [0.1, 0.15) is 5.60 Å². The van der Waals surface area contributed by atoms with Gasteiger partial charge < -0.3 is 9.64 Å². The molecular weight excluding hydrogens is 381 g/mol. The summed E-state index contributed by atoms with van der Waals surface area (Å²) in [7, 11) is 1.83. The van der Waals surface area contributed by atoms with Crippen molar-refractivity contribution in [1.82, 2.24) is 4.90 Å². The molecule has 27 heavy (non-hydrogen) atoms. The Balaban J connectivity index is 1.88. The van der Waals surface area contributed by atoms with Gasteiger partial charge in [-0.1, -0.05) is 53.5 Å². The van der Waals surface area contributed by atoms with Crippen molar-refractivity contribution in [2.45, 2.75) is 51.2 Å². The molecule has 0 radical (unpaired) electrons. The molecule has 0 spiro atoms. The Hall–Kier alpha value is -1.71. The first-order valence-electron chi connectivity index (χ1n) is 9.13. The van der Waals surface area contributed by atoms with E-state index in [0.29, 0.717) is 10.0 Å². The molecule has 0 heterocycles. The van der Waals surface area contributed by atoms with E-state index in [-0.39, 0.29) is 18.1 Å². The average Bonchev–Trinajstić information content (AvgIpc) is 2.94. The second-order valence-electron chi connectivity index (χ2n) is 8.12. The van der Waals surface area contributed by atoms with Gasteiger partial charge in [-0.3, -0.25) is 0 Å². The number of hydrogen-bond acceptors (Lipinski definition) is 2. The van der Waals surface area contributed by atoms with E-state index in [9.17, 15) is 4.79 Å². The molecule has 0 fully saturated rings. The fraction of sp³-hybridized carbons (Fsp3) is 0.409. The van der Waals surface area contributed by atoms with Crippen LogP contribution in [0.2, 0.25) is 10.0 Å². The maximum Gasteiger partial charge on any atom is 0.410 e. The standard InChI is InChI=1S/C22H25Cl2NO2/c1-22(2,3)27-21(26)25(4)20-13-15-7-5-6-8-16(15)17(20)11-14-9-10-18(23)19(24)12-14/h5-10,12,17,20H,11,13H2,1-4H3/t17-,20-/m1/s1. The number of rotatable bonds is 3. The lowest BCUT2D eigenvalue weighted by Crippen LogP contribution is -2.43. The van der Waals surface area contributed by atoms with E-state index >= 15 is 0 Å². The van der Waals surface area contributed by atoms with Crippen LogP contribution in [0.3, 0.4) is 0 Å². The monoisotopic (exact) mass is 405 g/mol. The molecule has 0 aromatic heterocycles. The SMILES string of the molecule is CN(C(=O)OC(C)(C)C)[C@@H]1Cc2ccccc2[C@H]1Cc1ccc(Cl)c(Cl)c1. The lowest BCUT2D eigenvalue weighted by Gasteiger charge is -2.32. The van der Waals surface area contributed by atoms with Crippen LogP contribution in [0.4, 0.5) is 4.79 Å². The predicted molar refractivity (Wildman–Crippen MR) is 111 cm³/mol. The van der Waals surface area contributed by atoms with Crippen molar-refractivity contribution in [2.24, 2.45) is 0 Å². The summed E-state index contributed by atoms with van der Waals surface area (Å²) < 4.78 is 5.59. The molecular formula is C22H25Cl2NO2. The Labute approximate surface area is 171 Å². The highest BCUT2D eigenvalue weighted by Gasteiger charge is 2.38. The zero-order valence-corrected chi connectivity index (χ0v) is 17.6. The van der Waals surface area contributed by atoms with Gasteiger partial charge in [0, 0.05) is 19.0 Å². The number of benzene rings is 2. The van der Waals surface area contributed by atoms with Crippen LogP contribution < -0.4 is 0 Å². The smallest absolute Gasteiger partial charge is 0.410 e. The topological polar surface area (TPSA) is 29.5 Å². The summed E-state index contributed by atoms with van der Waals surface area (Å²) in [5.74, 6) is 0.177. The number of nitrogens with zero attached hydrogens (tertiary/aromatic N) is 1. The molecule has 1 amide bonds. The number of ether oxygens (including phenoxy) is 1. The first-order chi connectivity index (χ1) is 12.7. The molecule has 2 aromatic carbocycles. The molecule has 0 unspecified atom stereocenters. The lowest BCUT2D eigenvalue weighted by atomic mass is 9.90. The van der Waals surface area contributed by atoms with Crippen LogP contribution in [0.5, 0.6) is 0 Å². The Morgan fingerprint density at radius 1 is 1.15 bits per heavy atom. The van der Waals surface area contributed by atoms with Crippen molar-refractivity contribution >= 4 is 29.3 Å². The molecule has 3 rings (SSSR count). The minimum atomic E-state index is -0.518. The van der Waals surface area contributed by atoms with Crippen molar-refractivity contribution in [3.05, 3.63) is 69.2 Å². The molecule has 3 nitrogen and oxygen atoms in total. The fourth-order valence-corrected chi connectivity index (χ4v) is 4.02. The molecule has 2 atom stereocenters. The maximum atomic E-state index is 12.7. The molecule has 2 aromatic rings. The van der Waals surface area contributed by atoms with Gasteiger partial charge in [-0.25, -0.2) is 4.79 Å². The first kappa shape index (κ1) is 20.0. The zero-order valence-electron chi connectivity index (χ0n) is 16.1. The zero-order chi connectivity index (χ0) is 19.8.